The maximum Gasteiger partial charge on any atom is 0.124 e. The standard InChI is InChI=1S/C16H21BrFN/c1-16(12-2-3-12,10-19-15-4-5-15)9-11-6-13(17)8-14(18)7-11/h6-8,12,15,19H,2-5,9-10H2,1H3. The number of halogens is 2. The average Bonchev–Trinajstić information content (AvgIpc) is 3.16. The summed E-state index contributed by atoms with van der Waals surface area (Å²) in [7, 11) is 0. The molecule has 2 aliphatic rings. The summed E-state index contributed by atoms with van der Waals surface area (Å²) in [5.41, 5.74) is 1.38. The molecule has 3 rings (SSSR count). The first kappa shape index (κ1) is 13.6. The highest BCUT2D eigenvalue weighted by Crippen LogP contribution is 2.47. The van der Waals surface area contributed by atoms with Crippen molar-refractivity contribution in [2.75, 3.05) is 6.54 Å². The molecule has 19 heavy (non-hydrogen) atoms. The summed E-state index contributed by atoms with van der Waals surface area (Å²) in [5, 5.41) is 3.66. The molecule has 0 spiro atoms. The van der Waals surface area contributed by atoms with E-state index in [9.17, 15) is 4.39 Å². The molecule has 0 aromatic heterocycles. The molecular formula is C16H21BrFN. The van der Waals surface area contributed by atoms with Crippen LogP contribution in [-0.2, 0) is 6.42 Å². The topological polar surface area (TPSA) is 12.0 Å². The van der Waals surface area contributed by atoms with Crippen LogP contribution in [0.2, 0.25) is 0 Å². The Morgan fingerprint density at radius 3 is 2.58 bits per heavy atom. The molecule has 1 N–H and O–H groups in total. The molecule has 1 aromatic rings. The Kier molecular flexibility index (Phi) is 3.69. The van der Waals surface area contributed by atoms with Crippen LogP contribution >= 0.6 is 15.9 Å². The molecule has 0 bridgehead atoms. The fourth-order valence-electron chi connectivity index (χ4n) is 2.98. The van der Waals surface area contributed by atoms with Gasteiger partial charge in [-0.3, -0.25) is 0 Å². The maximum absolute atomic E-state index is 13.5. The summed E-state index contributed by atoms with van der Waals surface area (Å²) in [4.78, 5) is 0. The first-order valence-electron chi connectivity index (χ1n) is 7.23. The van der Waals surface area contributed by atoms with Crippen molar-refractivity contribution in [1.82, 2.24) is 5.32 Å². The van der Waals surface area contributed by atoms with Crippen LogP contribution in [0.4, 0.5) is 4.39 Å². The summed E-state index contributed by atoms with van der Waals surface area (Å²) in [6.45, 7) is 3.43. The summed E-state index contributed by atoms with van der Waals surface area (Å²) < 4.78 is 14.3. The van der Waals surface area contributed by atoms with E-state index in [1.807, 2.05) is 0 Å². The smallest absolute Gasteiger partial charge is 0.124 e. The Labute approximate surface area is 123 Å². The van der Waals surface area contributed by atoms with Crippen molar-refractivity contribution < 1.29 is 4.39 Å². The lowest BCUT2D eigenvalue weighted by molar-refractivity contribution is 0.254. The number of nitrogens with one attached hydrogen (secondary N) is 1. The van der Waals surface area contributed by atoms with Crippen molar-refractivity contribution >= 4 is 15.9 Å². The molecule has 2 aliphatic carbocycles. The zero-order valence-corrected chi connectivity index (χ0v) is 13.0. The molecule has 0 aliphatic heterocycles. The number of rotatable bonds is 6. The van der Waals surface area contributed by atoms with Gasteiger partial charge in [-0.1, -0.05) is 22.9 Å². The van der Waals surface area contributed by atoms with Gasteiger partial charge in [0.2, 0.25) is 0 Å². The predicted octanol–water partition coefficient (Wildman–Crippen LogP) is 4.30. The van der Waals surface area contributed by atoms with Gasteiger partial charge < -0.3 is 5.32 Å². The van der Waals surface area contributed by atoms with Crippen LogP contribution in [0.5, 0.6) is 0 Å². The van der Waals surface area contributed by atoms with E-state index >= 15 is 0 Å². The van der Waals surface area contributed by atoms with Crippen molar-refractivity contribution in [2.24, 2.45) is 11.3 Å². The molecular weight excluding hydrogens is 305 g/mol. The molecule has 104 valence electrons. The van der Waals surface area contributed by atoms with Crippen LogP contribution in [0, 0.1) is 17.2 Å². The number of hydrogen-bond donors (Lipinski definition) is 1. The van der Waals surface area contributed by atoms with E-state index in [4.69, 9.17) is 0 Å². The molecule has 2 fully saturated rings. The first-order chi connectivity index (χ1) is 9.05. The van der Waals surface area contributed by atoms with Crippen LogP contribution in [0.25, 0.3) is 0 Å². The lowest BCUT2D eigenvalue weighted by Crippen LogP contribution is -2.36. The van der Waals surface area contributed by atoms with E-state index in [2.05, 4.69) is 34.2 Å². The van der Waals surface area contributed by atoms with E-state index in [0.29, 0.717) is 0 Å². The van der Waals surface area contributed by atoms with E-state index in [-0.39, 0.29) is 11.2 Å². The van der Waals surface area contributed by atoms with Crippen molar-refractivity contribution in [3.05, 3.63) is 34.1 Å². The normalized spacial score (nSPS) is 22.3. The Balaban J connectivity index is 1.72. The van der Waals surface area contributed by atoms with Gasteiger partial charge in [-0.25, -0.2) is 4.39 Å². The number of hydrogen-bond acceptors (Lipinski definition) is 1. The Morgan fingerprint density at radius 2 is 2.00 bits per heavy atom. The summed E-state index contributed by atoms with van der Waals surface area (Å²) in [6, 6.07) is 6.02. The summed E-state index contributed by atoms with van der Waals surface area (Å²) in [6.07, 6.45) is 6.28. The van der Waals surface area contributed by atoms with Crippen LogP contribution in [0.1, 0.15) is 38.2 Å². The molecule has 1 atom stereocenters. The highest BCUT2D eigenvalue weighted by atomic mass is 79.9. The minimum absolute atomic E-state index is 0.141. The highest BCUT2D eigenvalue weighted by Gasteiger charge is 2.42. The third-order valence-electron chi connectivity index (χ3n) is 4.47. The minimum atomic E-state index is -0.141. The van der Waals surface area contributed by atoms with E-state index in [1.165, 1.54) is 31.7 Å². The Hall–Kier alpha value is -0.410. The summed E-state index contributed by atoms with van der Waals surface area (Å²) >= 11 is 3.39. The van der Waals surface area contributed by atoms with Gasteiger partial charge in [0.05, 0.1) is 0 Å². The monoisotopic (exact) mass is 325 g/mol. The second kappa shape index (κ2) is 5.17. The Bertz CT molecular complexity index is 448. The minimum Gasteiger partial charge on any atom is -0.313 e. The summed E-state index contributed by atoms with van der Waals surface area (Å²) in [5.74, 6) is 0.665. The Morgan fingerprint density at radius 1 is 1.26 bits per heavy atom. The van der Waals surface area contributed by atoms with Gasteiger partial charge in [-0.15, -0.1) is 0 Å². The van der Waals surface area contributed by atoms with Gasteiger partial charge in [0.1, 0.15) is 5.82 Å². The number of benzene rings is 1. The molecule has 0 radical (unpaired) electrons. The van der Waals surface area contributed by atoms with Crippen LogP contribution in [0.15, 0.2) is 22.7 Å². The highest BCUT2D eigenvalue weighted by molar-refractivity contribution is 9.10. The SMILES string of the molecule is CC(CNC1CC1)(Cc1cc(F)cc(Br)c1)C1CC1. The second-order valence-electron chi connectivity index (χ2n) is 6.54. The lowest BCUT2D eigenvalue weighted by atomic mass is 9.79. The molecule has 0 saturated heterocycles. The van der Waals surface area contributed by atoms with Gasteiger partial charge in [0, 0.05) is 17.1 Å². The van der Waals surface area contributed by atoms with Gasteiger partial charge in [0.25, 0.3) is 0 Å². The van der Waals surface area contributed by atoms with Gasteiger partial charge in [0.15, 0.2) is 0 Å². The fraction of sp³-hybridized carbons (Fsp3) is 0.625. The second-order valence-corrected chi connectivity index (χ2v) is 7.45. The van der Waals surface area contributed by atoms with E-state index < -0.39 is 0 Å². The van der Waals surface area contributed by atoms with Crippen LogP contribution in [0.3, 0.4) is 0 Å². The fourth-order valence-corrected chi connectivity index (χ4v) is 3.49. The van der Waals surface area contributed by atoms with E-state index in [1.54, 1.807) is 6.07 Å². The van der Waals surface area contributed by atoms with Gasteiger partial charge in [-0.05, 0) is 67.2 Å². The molecule has 1 unspecified atom stereocenters. The average molecular weight is 326 g/mol. The zero-order chi connectivity index (χ0) is 13.5. The first-order valence-corrected chi connectivity index (χ1v) is 8.03. The third-order valence-corrected chi connectivity index (χ3v) is 4.92. The molecule has 0 heterocycles. The molecule has 1 aromatic carbocycles. The van der Waals surface area contributed by atoms with Crippen molar-refractivity contribution in [3.8, 4) is 0 Å². The maximum atomic E-state index is 13.5. The largest absolute Gasteiger partial charge is 0.313 e. The van der Waals surface area contributed by atoms with Crippen LogP contribution < -0.4 is 5.32 Å². The zero-order valence-electron chi connectivity index (χ0n) is 11.4. The van der Waals surface area contributed by atoms with E-state index in [0.717, 1.165) is 35.0 Å². The van der Waals surface area contributed by atoms with Gasteiger partial charge >= 0.3 is 0 Å². The molecule has 1 nitrogen and oxygen atoms in total. The molecule has 0 amide bonds. The molecule has 3 heteroatoms. The molecule has 2 saturated carbocycles. The van der Waals surface area contributed by atoms with Crippen LogP contribution in [-0.4, -0.2) is 12.6 Å². The van der Waals surface area contributed by atoms with Gasteiger partial charge in [-0.2, -0.15) is 0 Å². The predicted molar refractivity (Wildman–Crippen MR) is 79.7 cm³/mol. The van der Waals surface area contributed by atoms with Crippen molar-refractivity contribution in [2.45, 2.75) is 45.1 Å². The quantitative estimate of drug-likeness (QED) is 0.822. The van der Waals surface area contributed by atoms with Crippen molar-refractivity contribution in [3.63, 3.8) is 0 Å². The lowest BCUT2D eigenvalue weighted by Gasteiger charge is -2.30. The third kappa shape index (κ3) is 3.57. The van der Waals surface area contributed by atoms with Crippen molar-refractivity contribution in [1.29, 1.82) is 0 Å².